The van der Waals surface area contributed by atoms with Crippen molar-refractivity contribution >= 4 is 52.5 Å². The van der Waals surface area contributed by atoms with Crippen LogP contribution in [0.3, 0.4) is 0 Å². The number of hydrogen-bond acceptors (Lipinski definition) is 3. The summed E-state index contributed by atoms with van der Waals surface area (Å²) in [6, 6.07) is 10.8. The Kier molecular flexibility index (Phi) is 5.57. The van der Waals surface area contributed by atoms with Crippen LogP contribution in [0, 0.1) is 0 Å². The molecule has 0 fully saturated rings. The zero-order chi connectivity index (χ0) is 18.0. The van der Waals surface area contributed by atoms with E-state index in [0.717, 1.165) is 10.5 Å². The molecule has 0 radical (unpaired) electrons. The minimum absolute atomic E-state index is 0.0507. The van der Waals surface area contributed by atoms with Crippen LogP contribution in [0.1, 0.15) is 22.8 Å². The monoisotopic (exact) mass is 394 g/mol. The van der Waals surface area contributed by atoms with Gasteiger partial charge in [-0.2, -0.15) is 0 Å². The van der Waals surface area contributed by atoms with Gasteiger partial charge in [-0.15, -0.1) is 11.8 Å². The molecule has 0 bridgehead atoms. The van der Waals surface area contributed by atoms with Gasteiger partial charge in [-0.1, -0.05) is 29.3 Å². The molecule has 2 aromatic rings. The van der Waals surface area contributed by atoms with E-state index in [9.17, 15) is 9.59 Å². The maximum Gasteiger partial charge on any atom is 0.254 e. The van der Waals surface area contributed by atoms with Crippen LogP contribution >= 0.6 is 35.0 Å². The summed E-state index contributed by atoms with van der Waals surface area (Å²) in [5.41, 5.74) is 2.15. The van der Waals surface area contributed by atoms with Crippen LogP contribution in [-0.4, -0.2) is 29.0 Å². The van der Waals surface area contributed by atoms with E-state index in [4.69, 9.17) is 23.2 Å². The zero-order valence-electron chi connectivity index (χ0n) is 13.5. The third kappa shape index (κ3) is 4.11. The van der Waals surface area contributed by atoms with Gasteiger partial charge in [0.25, 0.3) is 5.91 Å². The van der Waals surface area contributed by atoms with Gasteiger partial charge in [-0.05, 0) is 42.8 Å². The summed E-state index contributed by atoms with van der Waals surface area (Å²) in [4.78, 5) is 27.1. The van der Waals surface area contributed by atoms with Crippen molar-refractivity contribution in [3.63, 3.8) is 0 Å². The molecular formula is C18H16Cl2N2O2S. The smallest absolute Gasteiger partial charge is 0.254 e. The summed E-state index contributed by atoms with van der Waals surface area (Å²) >= 11 is 13.5. The maximum atomic E-state index is 12.8. The average Bonchev–Trinajstić information content (AvgIpc) is 2.61. The summed E-state index contributed by atoms with van der Waals surface area (Å²) in [5.74, 6) is 0.255. The topological polar surface area (TPSA) is 49.4 Å². The van der Waals surface area contributed by atoms with E-state index < -0.39 is 0 Å². The van der Waals surface area contributed by atoms with Crippen molar-refractivity contribution in [2.45, 2.75) is 18.4 Å². The Morgan fingerprint density at radius 3 is 2.72 bits per heavy atom. The van der Waals surface area contributed by atoms with E-state index in [1.807, 2.05) is 19.1 Å². The molecular weight excluding hydrogens is 379 g/mol. The second-order valence-electron chi connectivity index (χ2n) is 5.62. The molecule has 3 rings (SSSR count). The van der Waals surface area contributed by atoms with Crippen LogP contribution in [0.25, 0.3) is 0 Å². The molecule has 130 valence electrons. The molecule has 1 N–H and O–H groups in total. The Bertz CT molecular complexity index is 842. The van der Waals surface area contributed by atoms with Crippen molar-refractivity contribution in [3.05, 3.63) is 57.6 Å². The third-order valence-electron chi connectivity index (χ3n) is 3.89. The fraction of sp³-hybridized carbons (Fsp3) is 0.222. The Balaban J connectivity index is 1.81. The normalized spacial score (nSPS) is 13.2. The van der Waals surface area contributed by atoms with E-state index in [0.29, 0.717) is 40.1 Å². The Morgan fingerprint density at radius 1 is 1.20 bits per heavy atom. The number of rotatable bonds is 4. The highest BCUT2D eigenvalue weighted by atomic mass is 35.5. The average molecular weight is 395 g/mol. The van der Waals surface area contributed by atoms with Crippen molar-refractivity contribution in [2.75, 3.05) is 17.6 Å². The zero-order valence-corrected chi connectivity index (χ0v) is 15.8. The van der Waals surface area contributed by atoms with Crippen LogP contribution in [0.15, 0.2) is 41.3 Å². The van der Waals surface area contributed by atoms with E-state index in [1.165, 1.54) is 11.8 Å². The summed E-state index contributed by atoms with van der Waals surface area (Å²) in [6.07, 6.45) is 0. The summed E-state index contributed by atoms with van der Waals surface area (Å²) in [5, 5.41) is 3.77. The summed E-state index contributed by atoms with van der Waals surface area (Å²) < 4.78 is 0. The first-order chi connectivity index (χ1) is 12.0. The molecule has 7 heteroatoms. The molecule has 1 aliphatic heterocycles. The highest BCUT2D eigenvalue weighted by molar-refractivity contribution is 8.00. The first-order valence-electron chi connectivity index (χ1n) is 7.78. The van der Waals surface area contributed by atoms with Crippen LogP contribution < -0.4 is 5.32 Å². The lowest BCUT2D eigenvalue weighted by Crippen LogP contribution is -2.30. The van der Waals surface area contributed by atoms with Gasteiger partial charge in [0, 0.05) is 23.5 Å². The highest BCUT2D eigenvalue weighted by Gasteiger charge is 2.20. The molecule has 25 heavy (non-hydrogen) atoms. The fourth-order valence-electron chi connectivity index (χ4n) is 2.58. The van der Waals surface area contributed by atoms with Crippen molar-refractivity contribution in [1.82, 2.24) is 4.90 Å². The minimum atomic E-state index is -0.0961. The highest BCUT2D eigenvalue weighted by Crippen LogP contribution is 2.32. The Hall–Kier alpha value is -1.69. The SMILES string of the molecule is CCN(Cc1ccc(Cl)c(Cl)c1)C(=O)c1ccc2c(c1)NC(=O)CS2. The minimum Gasteiger partial charge on any atom is -0.335 e. The van der Waals surface area contributed by atoms with Gasteiger partial charge in [0.2, 0.25) is 5.91 Å². The van der Waals surface area contributed by atoms with E-state index >= 15 is 0 Å². The van der Waals surface area contributed by atoms with Gasteiger partial charge in [-0.3, -0.25) is 9.59 Å². The number of nitrogens with one attached hydrogen (secondary N) is 1. The standard InChI is InChI=1S/C18H16Cl2N2O2S/c1-2-22(9-11-3-5-13(19)14(20)7-11)18(24)12-4-6-16-15(8-12)21-17(23)10-25-16/h3-8H,2,9-10H2,1H3,(H,21,23). The largest absolute Gasteiger partial charge is 0.335 e. The molecule has 4 nitrogen and oxygen atoms in total. The lowest BCUT2D eigenvalue weighted by atomic mass is 10.1. The molecule has 0 aromatic heterocycles. The predicted octanol–water partition coefficient (Wildman–Crippen LogP) is 4.70. The van der Waals surface area contributed by atoms with Crippen LogP contribution in [-0.2, 0) is 11.3 Å². The number of anilines is 1. The molecule has 0 unspecified atom stereocenters. The van der Waals surface area contributed by atoms with E-state index in [2.05, 4.69) is 5.32 Å². The number of halogens is 2. The number of hydrogen-bond donors (Lipinski definition) is 1. The number of benzene rings is 2. The first kappa shape index (κ1) is 18.1. The molecule has 0 spiro atoms. The second-order valence-corrected chi connectivity index (χ2v) is 7.45. The molecule has 2 amide bonds. The molecule has 0 saturated heterocycles. The molecule has 1 heterocycles. The molecule has 0 saturated carbocycles. The number of carbonyl (C=O) groups is 2. The lowest BCUT2D eigenvalue weighted by molar-refractivity contribution is -0.113. The number of carbonyl (C=O) groups excluding carboxylic acids is 2. The van der Waals surface area contributed by atoms with Gasteiger partial charge in [0.05, 0.1) is 21.5 Å². The van der Waals surface area contributed by atoms with Crippen LogP contribution in [0.4, 0.5) is 5.69 Å². The van der Waals surface area contributed by atoms with Gasteiger partial charge in [0.1, 0.15) is 0 Å². The predicted molar refractivity (Wildman–Crippen MR) is 103 cm³/mol. The summed E-state index contributed by atoms with van der Waals surface area (Å²) in [6.45, 7) is 2.91. The molecule has 0 atom stereocenters. The van der Waals surface area contributed by atoms with Gasteiger partial charge in [-0.25, -0.2) is 0 Å². The van der Waals surface area contributed by atoms with Gasteiger partial charge in [0.15, 0.2) is 0 Å². The molecule has 0 aliphatic carbocycles. The molecule has 2 aromatic carbocycles. The lowest BCUT2D eigenvalue weighted by Gasteiger charge is -2.23. The van der Waals surface area contributed by atoms with Crippen molar-refractivity contribution in [1.29, 1.82) is 0 Å². The first-order valence-corrected chi connectivity index (χ1v) is 9.52. The number of thioether (sulfide) groups is 1. The van der Waals surface area contributed by atoms with E-state index in [1.54, 1.807) is 29.2 Å². The maximum absolute atomic E-state index is 12.8. The van der Waals surface area contributed by atoms with Gasteiger partial charge < -0.3 is 10.2 Å². The van der Waals surface area contributed by atoms with Crippen LogP contribution in [0.5, 0.6) is 0 Å². The second kappa shape index (κ2) is 7.68. The van der Waals surface area contributed by atoms with Crippen molar-refractivity contribution < 1.29 is 9.59 Å². The number of amides is 2. The quantitative estimate of drug-likeness (QED) is 0.817. The van der Waals surface area contributed by atoms with Gasteiger partial charge >= 0.3 is 0 Å². The van der Waals surface area contributed by atoms with Crippen molar-refractivity contribution in [3.8, 4) is 0 Å². The Morgan fingerprint density at radius 2 is 2.00 bits per heavy atom. The third-order valence-corrected chi connectivity index (χ3v) is 5.70. The Labute approximate surface area is 160 Å². The number of fused-ring (bicyclic) bond motifs is 1. The van der Waals surface area contributed by atoms with Crippen molar-refractivity contribution in [2.24, 2.45) is 0 Å². The fourth-order valence-corrected chi connectivity index (χ4v) is 3.69. The number of nitrogens with zero attached hydrogens (tertiary/aromatic N) is 1. The van der Waals surface area contributed by atoms with Crippen LogP contribution in [0.2, 0.25) is 10.0 Å². The molecule has 1 aliphatic rings. The summed E-state index contributed by atoms with van der Waals surface area (Å²) in [7, 11) is 0. The van der Waals surface area contributed by atoms with E-state index in [-0.39, 0.29) is 11.8 Å².